The molecule has 1 aromatic carbocycles. The number of carbonyl (C=O) groups is 3. The second-order valence-corrected chi connectivity index (χ2v) is 6.63. The molecule has 0 saturated carbocycles. The average Bonchev–Trinajstić information content (AvgIpc) is 2.47. The van der Waals surface area contributed by atoms with E-state index in [2.05, 4.69) is 10.6 Å². The zero-order valence-electron chi connectivity index (χ0n) is 14.3. The van der Waals surface area contributed by atoms with Gasteiger partial charge < -0.3 is 25.2 Å². The number of carboxylic acid groups (broad SMARTS) is 1. The van der Waals surface area contributed by atoms with E-state index < -0.39 is 53.8 Å². The minimum Gasteiger partial charge on any atom is -0.480 e. The van der Waals surface area contributed by atoms with Gasteiger partial charge in [0.2, 0.25) is 0 Å². The van der Waals surface area contributed by atoms with Crippen molar-refractivity contribution in [2.45, 2.75) is 44.9 Å². The first-order valence-electron chi connectivity index (χ1n) is 7.65. The molecule has 0 spiro atoms. The Hall–Kier alpha value is -2.91. The Morgan fingerprint density at radius 2 is 1.96 bits per heavy atom. The molecular weight excluding hydrogens is 354 g/mol. The molecule has 0 saturated heterocycles. The number of hydrogen-bond donors (Lipinski definition) is 3. The molecule has 0 bridgehead atoms. The number of carboxylic acids is 1. The van der Waals surface area contributed by atoms with E-state index in [0.717, 1.165) is 12.1 Å². The molecule has 26 heavy (non-hydrogen) atoms. The lowest BCUT2D eigenvalue weighted by Crippen LogP contribution is -2.48. The number of fused-ring (bicyclic) bond motifs is 1. The molecule has 0 fully saturated rings. The van der Waals surface area contributed by atoms with Crippen molar-refractivity contribution in [2.75, 3.05) is 5.32 Å². The first-order chi connectivity index (χ1) is 12.0. The van der Waals surface area contributed by atoms with Crippen LogP contribution in [0.15, 0.2) is 12.1 Å². The van der Waals surface area contributed by atoms with Crippen molar-refractivity contribution in [3.63, 3.8) is 0 Å². The third-order valence-electron chi connectivity index (χ3n) is 3.28. The van der Waals surface area contributed by atoms with Crippen LogP contribution in [0.25, 0.3) is 0 Å². The van der Waals surface area contributed by atoms with Gasteiger partial charge in [-0.3, -0.25) is 4.79 Å². The maximum absolute atomic E-state index is 13.3. The molecule has 3 N–H and O–H groups in total. The predicted octanol–water partition coefficient (Wildman–Crippen LogP) is 2.03. The number of amides is 2. The zero-order chi connectivity index (χ0) is 19.6. The van der Waals surface area contributed by atoms with Crippen molar-refractivity contribution >= 4 is 23.7 Å². The SMILES string of the molecule is CC(C)(C)OC(=O)NC(CC1Oc2cc(F)c(F)cc2NC1=O)C(=O)O. The molecule has 2 amide bonds. The molecule has 2 rings (SSSR count). The summed E-state index contributed by atoms with van der Waals surface area (Å²) >= 11 is 0. The number of carbonyl (C=O) groups excluding carboxylic acids is 2. The Labute approximate surface area is 147 Å². The summed E-state index contributed by atoms with van der Waals surface area (Å²) in [6.45, 7) is 4.81. The fourth-order valence-corrected chi connectivity index (χ4v) is 2.18. The fourth-order valence-electron chi connectivity index (χ4n) is 2.18. The maximum Gasteiger partial charge on any atom is 0.408 e. The average molecular weight is 372 g/mol. The summed E-state index contributed by atoms with van der Waals surface area (Å²) in [6, 6.07) is 0.00748. The van der Waals surface area contributed by atoms with Crippen LogP contribution in [0.4, 0.5) is 19.3 Å². The predicted molar refractivity (Wildman–Crippen MR) is 84.8 cm³/mol. The highest BCUT2D eigenvalue weighted by Crippen LogP contribution is 2.32. The number of anilines is 1. The molecular formula is C16H18F2N2O6. The Balaban J connectivity index is 2.11. The van der Waals surface area contributed by atoms with Crippen LogP contribution in [0.2, 0.25) is 0 Å². The van der Waals surface area contributed by atoms with Crippen molar-refractivity contribution in [1.29, 1.82) is 0 Å². The summed E-state index contributed by atoms with van der Waals surface area (Å²) in [7, 11) is 0. The molecule has 1 heterocycles. The normalized spacial score (nSPS) is 17.4. The minimum absolute atomic E-state index is 0.0721. The van der Waals surface area contributed by atoms with Crippen LogP contribution >= 0.6 is 0 Å². The van der Waals surface area contributed by atoms with Gasteiger partial charge in [-0.15, -0.1) is 0 Å². The van der Waals surface area contributed by atoms with Gasteiger partial charge in [-0.1, -0.05) is 0 Å². The second kappa shape index (κ2) is 7.14. The third-order valence-corrected chi connectivity index (χ3v) is 3.28. The van der Waals surface area contributed by atoms with Gasteiger partial charge in [-0.2, -0.15) is 0 Å². The Morgan fingerprint density at radius 3 is 2.54 bits per heavy atom. The summed E-state index contributed by atoms with van der Waals surface area (Å²) in [5, 5.41) is 13.7. The second-order valence-electron chi connectivity index (χ2n) is 6.63. The summed E-state index contributed by atoms with van der Waals surface area (Å²) < 4.78 is 36.8. The van der Waals surface area contributed by atoms with Crippen LogP contribution < -0.4 is 15.4 Å². The number of halogens is 2. The van der Waals surface area contributed by atoms with E-state index in [1.165, 1.54) is 0 Å². The van der Waals surface area contributed by atoms with Crippen LogP contribution in [-0.2, 0) is 14.3 Å². The highest BCUT2D eigenvalue weighted by molar-refractivity contribution is 5.98. The van der Waals surface area contributed by atoms with Crippen LogP contribution in [0.1, 0.15) is 27.2 Å². The summed E-state index contributed by atoms with van der Waals surface area (Å²) in [4.78, 5) is 35.1. The monoisotopic (exact) mass is 372 g/mol. The van der Waals surface area contributed by atoms with E-state index in [9.17, 15) is 28.3 Å². The summed E-state index contributed by atoms with van der Waals surface area (Å²) in [5.74, 6) is -4.65. The molecule has 0 aromatic heterocycles. The zero-order valence-corrected chi connectivity index (χ0v) is 14.3. The third kappa shape index (κ3) is 4.80. The van der Waals surface area contributed by atoms with E-state index in [1.54, 1.807) is 20.8 Å². The largest absolute Gasteiger partial charge is 0.480 e. The number of benzene rings is 1. The molecule has 8 nitrogen and oxygen atoms in total. The standard InChI is InChI=1S/C16H18F2N2O6/c1-16(2,3)26-15(24)20-10(14(22)23)6-12-13(21)19-9-4-7(17)8(18)5-11(9)25-12/h4-5,10,12H,6H2,1-3H3,(H,19,21)(H,20,24)(H,22,23). The lowest BCUT2D eigenvalue weighted by Gasteiger charge is -2.28. The van der Waals surface area contributed by atoms with Crippen LogP contribution in [0.3, 0.4) is 0 Å². The molecule has 142 valence electrons. The number of hydrogen-bond acceptors (Lipinski definition) is 5. The van der Waals surface area contributed by atoms with Gasteiger partial charge in [0.25, 0.3) is 5.91 Å². The molecule has 0 radical (unpaired) electrons. The molecule has 2 atom stereocenters. The molecule has 1 aromatic rings. The fraction of sp³-hybridized carbons (Fsp3) is 0.438. The van der Waals surface area contributed by atoms with E-state index in [0.29, 0.717) is 0 Å². The van der Waals surface area contributed by atoms with Crippen molar-refractivity contribution in [3.8, 4) is 5.75 Å². The van der Waals surface area contributed by atoms with Gasteiger partial charge in [0.05, 0.1) is 5.69 Å². The van der Waals surface area contributed by atoms with Gasteiger partial charge >= 0.3 is 12.1 Å². The molecule has 1 aliphatic rings. The highest BCUT2D eigenvalue weighted by atomic mass is 19.2. The quantitative estimate of drug-likeness (QED) is 0.745. The summed E-state index contributed by atoms with van der Waals surface area (Å²) in [5.41, 5.74) is -0.913. The molecule has 2 unspecified atom stereocenters. The summed E-state index contributed by atoms with van der Waals surface area (Å²) in [6.07, 6.45) is -2.75. The van der Waals surface area contributed by atoms with E-state index in [4.69, 9.17) is 9.47 Å². The van der Waals surface area contributed by atoms with E-state index in [-0.39, 0.29) is 11.4 Å². The van der Waals surface area contributed by atoms with Crippen LogP contribution in [0.5, 0.6) is 5.75 Å². The molecule has 0 aliphatic carbocycles. The van der Waals surface area contributed by atoms with Gasteiger partial charge in [-0.25, -0.2) is 18.4 Å². The Bertz CT molecular complexity index is 747. The van der Waals surface area contributed by atoms with E-state index in [1.807, 2.05) is 0 Å². The van der Waals surface area contributed by atoms with E-state index >= 15 is 0 Å². The number of rotatable bonds is 4. The number of ether oxygens (including phenoxy) is 2. The van der Waals surface area contributed by atoms with Crippen LogP contribution in [0, 0.1) is 11.6 Å². The lowest BCUT2D eigenvalue weighted by molar-refractivity contribution is -0.140. The molecule has 1 aliphatic heterocycles. The van der Waals surface area contributed by atoms with Crippen molar-refractivity contribution in [2.24, 2.45) is 0 Å². The van der Waals surface area contributed by atoms with Crippen molar-refractivity contribution < 1.29 is 37.7 Å². The van der Waals surface area contributed by atoms with Gasteiger partial charge in [0.15, 0.2) is 17.7 Å². The van der Waals surface area contributed by atoms with Gasteiger partial charge in [-0.05, 0) is 20.8 Å². The Kier molecular flexibility index (Phi) is 5.33. The van der Waals surface area contributed by atoms with Crippen LogP contribution in [-0.4, -0.2) is 40.8 Å². The lowest BCUT2D eigenvalue weighted by atomic mass is 10.1. The first-order valence-corrected chi connectivity index (χ1v) is 7.65. The smallest absolute Gasteiger partial charge is 0.408 e. The van der Waals surface area contributed by atoms with Gasteiger partial charge in [0, 0.05) is 18.6 Å². The van der Waals surface area contributed by atoms with Crippen molar-refractivity contribution in [3.05, 3.63) is 23.8 Å². The first kappa shape index (κ1) is 19.4. The number of alkyl carbamates (subject to hydrolysis) is 1. The number of nitrogens with one attached hydrogen (secondary N) is 2. The topological polar surface area (TPSA) is 114 Å². The highest BCUT2D eigenvalue weighted by Gasteiger charge is 2.35. The number of aliphatic carboxylic acids is 1. The minimum atomic E-state index is -1.49. The van der Waals surface area contributed by atoms with Crippen molar-refractivity contribution in [1.82, 2.24) is 5.32 Å². The Morgan fingerprint density at radius 1 is 1.35 bits per heavy atom. The molecule has 10 heteroatoms. The van der Waals surface area contributed by atoms with Gasteiger partial charge in [0.1, 0.15) is 17.4 Å². The maximum atomic E-state index is 13.3.